The highest BCUT2D eigenvalue weighted by Gasteiger charge is 2.17. The fourth-order valence-corrected chi connectivity index (χ4v) is 1.80. The first-order valence-corrected chi connectivity index (χ1v) is 5.36. The van der Waals surface area contributed by atoms with Gasteiger partial charge in [0.15, 0.2) is 11.4 Å². The topological polar surface area (TPSA) is 59.2 Å². The Morgan fingerprint density at radius 3 is 2.72 bits per heavy atom. The van der Waals surface area contributed by atoms with Crippen LogP contribution in [0.1, 0.15) is 17.4 Å². The lowest BCUT2D eigenvalue weighted by Gasteiger charge is -2.05. The second kappa shape index (κ2) is 4.19. The summed E-state index contributed by atoms with van der Waals surface area (Å²) >= 11 is 0. The van der Waals surface area contributed by atoms with Crippen LogP contribution in [-0.2, 0) is 0 Å². The molecule has 90 valence electrons. The Balaban J connectivity index is 2.07. The lowest BCUT2D eigenvalue weighted by atomic mass is 10.1. The Morgan fingerprint density at radius 2 is 2.00 bits per heavy atom. The third-order valence-corrected chi connectivity index (χ3v) is 2.68. The van der Waals surface area contributed by atoms with Gasteiger partial charge in [-0.25, -0.2) is 14.4 Å². The molecule has 4 nitrogen and oxygen atoms in total. The van der Waals surface area contributed by atoms with Gasteiger partial charge in [0.25, 0.3) is 0 Å². The fourth-order valence-electron chi connectivity index (χ4n) is 1.80. The molecule has 1 aromatic carbocycles. The normalized spacial score (nSPS) is 12.8. The number of hydrogen-bond acceptors (Lipinski definition) is 4. The van der Waals surface area contributed by atoms with Crippen LogP contribution in [0.4, 0.5) is 4.39 Å². The monoisotopic (exact) mass is 244 g/mol. The smallest absolute Gasteiger partial charge is 0.170 e. The number of halogens is 1. The summed E-state index contributed by atoms with van der Waals surface area (Å²) in [5, 5.41) is 10.7. The molecule has 18 heavy (non-hydrogen) atoms. The van der Waals surface area contributed by atoms with Crippen LogP contribution in [0.25, 0.3) is 11.0 Å². The minimum atomic E-state index is -1.00. The summed E-state index contributed by atoms with van der Waals surface area (Å²) in [6.45, 7) is 0. The summed E-state index contributed by atoms with van der Waals surface area (Å²) in [4.78, 5) is 7.63. The zero-order chi connectivity index (χ0) is 12.5. The molecule has 2 aromatic heterocycles. The molecule has 0 saturated heterocycles. The molecule has 3 rings (SSSR count). The third-order valence-electron chi connectivity index (χ3n) is 2.68. The van der Waals surface area contributed by atoms with Gasteiger partial charge in [-0.05, 0) is 12.1 Å². The zero-order valence-electron chi connectivity index (χ0n) is 9.25. The van der Waals surface area contributed by atoms with Crippen LogP contribution < -0.4 is 0 Å². The van der Waals surface area contributed by atoms with Gasteiger partial charge in [0.1, 0.15) is 18.2 Å². The highest BCUT2D eigenvalue weighted by molar-refractivity contribution is 5.78. The van der Waals surface area contributed by atoms with Crippen molar-refractivity contribution in [3.8, 4) is 0 Å². The standard InChI is InChI=1S/C13H9FN2O2/c14-10-3-1-2-8-4-11(18-13(8)10)12(17)9-5-15-7-16-6-9/h1-7,12,17H. The van der Waals surface area contributed by atoms with Gasteiger partial charge >= 0.3 is 0 Å². The summed E-state index contributed by atoms with van der Waals surface area (Å²) in [6.07, 6.45) is 3.34. The van der Waals surface area contributed by atoms with Crippen LogP contribution in [0.3, 0.4) is 0 Å². The first-order chi connectivity index (χ1) is 8.75. The number of para-hydroxylation sites is 1. The van der Waals surface area contributed by atoms with Gasteiger partial charge < -0.3 is 9.52 Å². The molecule has 0 aliphatic heterocycles. The molecule has 0 spiro atoms. The van der Waals surface area contributed by atoms with Crippen molar-refractivity contribution in [3.63, 3.8) is 0 Å². The number of aliphatic hydroxyl groups excluding tert-OH is 1. The number of hydrogen-bond donors (Lipinski definition) is 1. The van der Waals surface area contributed by atoms with Gasteiger partial charge in [-0.15, -0.1) is 0 Å². The molecule has 0 aliphatic rings. The Morgan fingerprint density at radius 1 is 1.22 bits per heavy atom. The maximum absolute atomic E-state index is 13.5. The molecule has 0 saturated carbocycles. The SMILES string of the molecule is OC(c1cncnc1)c1cc2cccc(F)c2o1. The summed E-state index contributed by atoms with van der Waals surface area (Å²) in [5.74, 6) is -0.180. The zero-order valence-corrected chi connectivity index (χ0v) is 9.25. The van der Waals surface area contributed by atoms with Crippen LogP contribution in [0.5, 0.6) is 0 Å². The van der Waals surface area contributed by atoms with E-state index >= 15 is 0 Å². The summed E-state index contributed by atoms with van der Waals surface area (Å²) < 4.78 is 18.8. The second-order valence-electron chi connectivity index (χ2n) is 3.88. The quantitative estimate of drug-likeness (QED) is 0.752. The average molecular weight is 244 g/mol. The highest BCUT2D eigenvalue weighted by Crippen LogP contribution is 2.28. The van der Waals surface area contributed by atoms with Gasteiger partial charge in [-0.1, -0.05) is 12.1 Å². The van der Waals surface area contributed by atoms with Crippen molar-refractivity contribution in [1.82, 2.24) is 9.97 Å². The fraction of sp³-hybridized carbons (Fsp3) is 0.0769. The van der Waals surface area contributed by atoms with E-state index in [2.05, 4.69) is 9.97 Å². The minimum absolute atomic E-state index is 0.142. The molecule has 2 heterocycles. The van der Waals surface area contributed by atoms with E-state index in [1.165, 1.54) is 24.8 Å². The Hall–Kier alpha value is -2.27. The number of aromatic nitrogens is 2. The first-order valence-electron chi connectivity index (χ1n) is 5.36. The molecular weight excluding hydrogens is 235 g/mol. The van der Waals surface area contributed by atoms with Crippen LogP contribution in [0, 0.1) is 5.82 Å². The van der Waals surface area contributed by atoms with Gasteiger partial charge in [0.2, 0.25) is 0 Å². The summed E-state index contributed by atoms with van der Waals surface area (Å²) in [6, 6.07) is 6.23. The largest absolute Gasteiger partial charge is 0.455 e. The van der Waals surface area contributed by atoms with Crippen molar-refractivity contribution in [1.29, 1.82) is 0 Å². The van der Waals surface area contributed by atoms with E-state index in [1.807, 2.05) is 0 Å². The third kappa shape index (κ3) is 1.74. The number of furan rings is 1. The van der Waals surface area contributed by atoms with E-state index in [4.69, 9.17) is 4.42 Å². The summed E-state index contributed by atoms with van der Waals surface area (Å²) in [5.41, 5.74) is 0.639. The summed E-state index contributed by atoms with van der Waals surface area (Å²) in [7, 11) is 0. The molecule has 3 aromatic rings. The molecule has 1 N–H and O–H groups in total. The molecule has 0 fully saturated rings. The average Bonchev–Trinajstić information content (AvgIpc) is 2.84. The molecular formula is C13H9FN2O2. The maximum Gasteiger partial charge on any atom is 0.170 e. The molecule has 0 bridgehead atoms. The Kier molecular flexibility index (Phi) is 2.53. The van der Waals surface area contributed by atoms with Crippen LogP contribution in [-0.4, -0.2) is 15.1 Å². The van der Waals surface area contributed by atoms with Crippen molar-refractivity contribution in [2.75, 3.05) is 0 Å². The second-order valence-corrected chi connectivity index (χ2v) is 3.88. The van der Waals surface area contributed by atoms with Crippen LogP contribution >= 0.6 is 0 Å². The first kappa shape index (κ1) is 10.9. The van der Waals surface area contributed by atoms with Crippen molar-refractivity contribution in [2.45, 2.75) is 6.10 Å². The van der Waals surface area contributed by atoms with Crippen molar-refractivity contribution in [3.05, 3.63) is 60.1 Å². The molecule has 5 heteroatoms. The van der Waals surface area contributed by atoms with E-state index in [0.717, 1.165) is 0 Å². The Labute approximate surface area is 102 Å². The predicted octanol–water partition coefficient (Wildman–Crippen LogP) is 2.44. The molecule has 0 amide bonds. The lowest BCUT2D eigenvalue weighted by molar-refractivity contribution is 0.191. The molecule has 0 radical (unpaired) electrons. The number of nitrogens with zero attached hydrogens (tertiary/aromatic N) is 2. The van der Waals surface area contributed by atoms with Crippen molar-refractivity contribution in [2.24, 2.45) is 0 Å². The van der Waals surface area contributed by atoms with Crippen LogP contribution in [0.15, 0.2) is 47.4 Å². The number of rotatable bonds is 2. The molecule has 0 aliphatic carbocycles. The van der Waals surface area contributed by atoms with E-state index in [0.29, 0.717) is 10.9 Å². The van der Waals surface area contributed by atoms with E-state index in [9.17, 15) is 9.50 Å². The van der Waals surface area contributed by atoms with E-state index in [1.54, 1.807) is 18.2 Å². The van der Waals surface area contributed by atoms with Crippen molar-refractivity contribution >= 4 is 11.0 Å². The number of fused-ring (bicyclic) bond motifs is 1. The number of aliphatic hydroxyl groups is 1. The van der Waals surface area contributed by atoms with E-state index in [-0.39, 0.29) is 11.3 Å². The predicted molar refractivity (Wildman–Crippen MR) is 62.3 cm³/mol. The van der Waals surface area contributed by atoms with Crippen LogP contribution in [0.2, 0.25) is 0 Å². The van der Waals surface area contributed by atoms with Gasteiger partial charge in [-0.3, -0.25) is 0 Å². The van der Waals surface area contributed by atoms with Gasteiger partial charge in [0.05, 0.1) is 0 Å². The van der Waals surface area contributed by atoms with Gasteiger partial charge in [-0.2, -0.15) is 0 Å². The Bertz CT molecular complexity index is 682. The molecule has 1 atom stereocenters. The lowest BCUT2D eigenvalue weighted by Crippen LogP contribution is -1.98. The minimum Gasteiger partial charge on any atom is -0.455 e. The van der Waals surface area contributed by atoms with E-state index < -0.39 is 11.9 Å². The van der Waals surface area contributed by atoms with Crippen molar-refractivity contribution < 1.29 is 13.9 Å². The van der Waals surface area contributed by atoms with Gasteiger partial charge in [0, 0.05) is 23.3 Å². The maximum atomic E-state index is 13.5. The molecule has 1 unspecified atom stereocenters. The highest BCUT2D eigenvalue weighted by atomic mass is 19.1. The number of benzene rings is 1.